The van der Waals surface area contributed by atoms with Gasteiger partial charge >= 0.3 is 11.9 Å². The molecule has 0 aromatic heterocycles. The largest absolute Gasteiger partial charge is 0.756 e. The molecule has 0 N–H and O–H groups in total. The minimum Gasteiger partial charge on any atom is -0.756 e. The number of hydrogen-bond donors (Lipinski definition) is 0. The zero-order valence-electron chi connectivity index (χ0n) is 62.1. The van der Waals surface area contributed by atoms with Gasteiger partial charge in [0.25, 0.3) is 7.82 Å². The summed E-state index contributed by atoms with van der Waals surface area (Å²) in [6.07, 6.45) is 122. The van der Waals surface area contributed by atoms with Crippen molar-refractivity contribution in [1.82, 2.24) is 0 Å². The lowest BCUT2D eigenvalue weighted by atomic mass is 10.1. The Morgan fingerprint density at radius 2 is 0.551 bits per heavy atom. The molecule has 0 aliphatic heterocycles. The van der Waals surface area contributed by atoms with Crippen molar-refractivity contribution in [3.8, 4) is 0 Å². The maximum Gasteiger partial charge on any atom is 0.306 e. The molecule has 0 aromatic rings. The minimum atomic E-state index is -4.67. The first-order valence-electron chi connectivity index (χ1n) is 37.7. The second-order valence-electron chi connectivity index (χ2n) is 25.2. The predicted octanol–water partition coefficient (Wildman–Crippen LogP) is 24.9. The molecule has 0 aliphatic carbocycles. The minimum absolute atomic E-state index is 0.0508. The van der Waals surface area contributed by atoms with Crippen molar-refractivity contribution in [2.75, 3.05) is 47.5 Å². The molecule has 2 atom stereocenters. The van der Waals surface area contributed by atoms with E-state index in [0.29, 0.717) is 23.9 Å². The van der Waals surface area contributed by atoms with Crippen molar-refractivity contribution in [1.29, 1.82) is 0 Å². The first kappa shape index (κ1) is 91.8. The van der Waals surface area contributed by atoms with E-state index in [1.54, 1.807) is 0 Å². The van der Waals surface area contributed by atoms with Gasteiger partial charge in [-0.25, -0.2) is 0 Å². The smallest absolute Gasteiger partial charge is 0.306 e. The number of ether oxygens (including phenoxy) is 2. The molecule has 0 amide bonds. The topological polar surface area (TPSA) is 111 Å². The molecule has 0 fully saturated rings. The summed E-state index contributed by atoms with van der Waals surface area (Å²) in [6, 6.07) is 0. The number of carbonyl (C=O) groups excluding carboxylic acids is 2. The van der Waals surface area contributed by atoms with Gasteiger partial charge in [-0.1, -0.05) is 308 Å². The Bertz CT molecular complexity index is 2560. The van der Waals surface area contributed by atoms with Crippen LogP contribution in [0.3, 0.4) is 0 Å². The summed E-state index contributed by atoms with van der Waals surface area (Å²) in [5.74, 6) is -0.888. The summed E-state index contributed by atoms with van der Waals surface area (Å²) in [4.78, 5) is 38.1. The molecule has 10 heteroatoms. The number of nitrogens with zero attached hydrogens (tertiary/aromatic N) is 1. The fourth-order valence-corrected chi connectivity index (χ4v) is 9.91. The Hall–Kier alpha value is -6.19. The van der Waals surface area contributed by atoms with E-state index in [9.17, 15) is 19.0 Å². The summed E-state index contributed by atoms with van der Waals surface area (Å²) in [5, 5.41) is 0. The van der Waals surface area contributed by atoms with Crippen LogP contribution in [0.15, 0.2) is 243 Å². The van der Waals surface area contributed by atoms with Crippen LogP contribution < -0.4 is 4.89 Å². The lowest BCUT2D eigenvalue weighted by Gasteiger charge is -2.28. The maximum atomic E-state index is 12.9. The van der Waals surface area contributed by atoms with Crippen LogP contribution in [0, 0.1) is 0 Å². The zero-order valence-corrected chi connectivity index (χ0v) is 63.0. The number of rotatable bonds is 66. The molecule has 0 aliphatic rings. The summed E-state index contributed by atoms with van der Waals surface area (Å²) in [5.41, 5.74) is 0. The fourth-order valence-electron chi connectivity index (χ4n) is 9.18. The first-order chi connectivity index (χ1) is 48.0. The van der Waals surface area contributed by atoms with Gasteiger partial charge in [0.15, 0.2) is 6.10 Å². The van der Waals surface area contributed by atoms with Gasteiger partial charge in [0.1, 0.15) is 19.8 Å². The van der Waals surface area contributed by atoms with Crippen molar-refractivity contribution in [3.63, 3.8) is 0 Å². The van der Waals surface area contributed by atoms with Gasteiger partial charge in [0.2, 0.25) is 0 Å². The third-order valence-corrected chi connectivity index (χ3v) is 15.8. The van der Waals surface area contributed by atoms with Gasteiger partial charge < -0.3 is 27.9 Å². The number of phosphoric ester groups is 1. The fraction of sp³-hybridized carbons (Fsp3) is 0.523. The van der Waals surface area contributed by atoms with Crippen LogP contribution in [-0.4, -0.2) is 70.0 Å². The highest BCUT2D eigenvalue weighted by Crippen LogP contribution is 2.38. The van der Waals surface area contributed by atoms with Crippen molar-refractivity contribution in [3.05, 3.63) is 243 Å². The molecule has 2 unspecified atom stereocenters. The molecule has 546 valence electrons. The average Bonchev–Trinajstić information content (AvgIpc) is 1.23. The van der Waals surface area contributed by atoms with Crippen LogP contribution in [0.4, 0.5) is 0 Å². The van der Waals surface area contributed by atoms with E-state index in [-0.39, 0.29) is 26.1 Å². The highest BCUT2D eigenvalue weighted by atomic mass is 31.2. The third-order valence-electron chi connectivity index (χ3n) is 14.9. The molecule has 0 heterocycles. The molecule has 0 rings (SSSR count). The van der Waals surface area contributed by atoms with Gasteiger partial charge in [-0.2, -0.15) is 0 Å². The number of carbonyl (C=O) groups is 2. The number of allylic oxidation sites excluding steroid dienone is 40. The Balaban J connectivity index is 4.21. The van der Waals surface area contributed by atoms with Crippen LogP contribution in [0.25, 0.3) is 0 Å². The van der Waals surface area contributed by atoms with E-state index in [0.717, 1.165) is 186 Å². The molecule has 0 spiro atoms. The van der Waals surface area contributed by atoms with Crippen molar-refractivity contribution in [2.24, 2.45) is 0 Å². The second-order valence-corrected chi connectivity index (χ2v) is 26.6. The normalized spacial score (nSPS) is 14.5. The number of hydrogen-bond acceptors (Lipinski definition) is 8. The summed E-state index contributed by atoms with van der Waals surface area (Å²) >= 11 is 0. The Morgan fingerprint density at radius 3 is 0.816 bits per heavy atom. The van der Waals surface area contributed by atoms with Gasteiger partial charge in [-0.3, -0.25) is 14.2 Å². The lowest BCUT2D eigenvalue weighted by molar-refractivity contribution is -0.870. The van der Waals surface area contributed by atoms with Crippen molar-refractivity contribution < 1.29 is 42.1 Å². The van der Waals surface area contributed by atoms with E-state index in [4.69, 9.17) is 18.5 Å². The first-order valence-corrected chi connectivity index (χ1v) is 39.2. The highest BCUT2D eigenvalue weighted by molar-refractivity contribution is 7.45. The molecule has 0 saturated heterocycles. The standard InChI is InChI=1S/C88H136NO8P/c1-6-8-10-12-14-16-18-20-22-24-26-28-30-32-34-36-38-40-42-43-44-45-47-49-51-53-55-57-59-61-63-65-67-69-71-73-75-77-79-81-88(91)97-86(85-96-98(92,93)95-83-82-89(3,4)5)84-94-87(90)80-78-76-74-72-70-68-66-64-62-60-58-56-54-52-50-48-46-41-39-37-35-33-31-29-27-25-23-21-19-17-15-13-11-9-7-2/h8-11,14-17,20-23,26-29,32-35,38-41,43-44,47-50,53-56,59-62,65,67,86H,6-7,12-13,18-19,24-25,30-31,36-37,42,45-46,51-52,57-58,63-64,66,68-85H2,1-5H3/b10-8-,11-9-,16-14-,17-15-,22-20-,23-21-,28-26-,29-27-,34-32-,35-33-,40-38-,41-39-,44-43-,49-47-,50-48-,55-53-,56-54-,61-59-,62-60-,67-65-. The molecular weight excluding hydrogens is 1230 g/mol. The predicted molar refractivity (Wildman–Crippen MR) is 424 cm³/mol. The molecule has 9 nitrogen and oxygen atoms in total. The van der Waals surface area contributed by atoms with Gasteiger partial charge in [0.05, 0.1) is 27.7 Å². The van der Waals surface area contributed by atoms with Gasteiger partial charge in [-0.15, -0.1) is 0 Å². The zero-order chi connectivity index (χ0) is 71.1. The van der Waals surface area contributed by atoms with E-state index >= 15 is 0 Å². The molecule has 0 bridgehead atoms. The molecule has 0 aromatic carbocycles. The molecule has 0 saturated carbocycles. The molecule has 98 heavy (non-hydrogen) atoms. The van der Waals surface area contributed by atoms with Crippen LogP contribution in [-0.2, 0) is 32.7 Å². The molecular formula is C88H136NO8P. The summed E-state index contributed by atoms with van der Waals surface area (Å²) in [6.45, 7) is 3.94. The number of unbranched alkanes of at least 4 members (excludes halogenated alkanes) is 12. The number of likely N-dealkylation sites (N-methyl/N-ethyl adjacent to an activating group) is 1. The Morgan fingerprint density at radius 1 is 0.316 bits per heavy atom. The quantitative estimate of drug-likeness (QED) is 0.0195. The van der Waals surface area contributed by atoms with Crippen LogP contribution in [0.1, 0.15) is 245 Å². The Labute approximate surface area is 600 Å². The van der Waals surface area contributed by atoms with Crippen LogP contribution in [0.5, 0.6) is 0 Å². The Kier molecular flexibility index (Phi) is 70.3. The maximum absolute atomic E-state index is 12.9. The van der Waals surface area contributed by atoms with E-state index in [1.807, 2.05) is 21.1 Å². The lowest BCUT2D eigenvalue weighted by Crippen LogP contribution is -2.37. The second kappa shape index (κ2) is 75.0. The van der Waals surface area contributed by atoms with E-state index in [1.165, 1.54) is 19.3 Å². The monoisotopic (exact) mass is 1370 g/mol. The SMILES string of the molecule is CC/C=C\C/C=C\C/C=C\C/C=C\C/C=C\C/C=C\C/C=C\C/C=C\C/C=C\C/C=C\C/C=C\CCCCCCCC(=O)OC(COC(=O)CCCCCCCCC/C=C\C/C=C\C/C=C\C/C=C\C/C=C\C/C=C\C/C=C\C/C=C\C/C=C\CC)COP(=O)([O-])OCC[N+](C)(C)C. The van der Waals surface area contributed by atoms with Gasteiger partial charge in [-0.05, 0) is 167 Å². The van der Waals surface area contributed by atoms with Crippen LogP contribution in [0.2, 0.25) is 0 Å². The molecule has 0 radical (unpaired) electrons. The third kappa shape index (κ3) is 78.8. The van der Waals surface area contributed by atoms with Crippen molar-refractivity contribution >= 4 is 19.8 Å². The van der Waals surface area contributed by atoms with Crippen LogP contribution >= 0.6 is 7.82 Å². The van der Waals surface area contributed by atoms with Crippen molar-refractivity contribution in [2.45, 2.75) is 251 Å². The average molecular weight is 1370 g/mol. The highest BCUT2D eigenvalue weighted by Gasteiger charge is 2.22. The number of quaternary nitrogens is 1. The summed E-state index contributed by atoms with van der Waals surface area (Å²) < 4.78 is 34.3. The summed E-state index contributed by atoms with van der Waals surface area (Å²) in [7, 11) is 1.11. The van der Waals surface area contributed by atoms with Gasteiger partial charge in [0, 0.05) is 12.8 Å². The number of phosphoric acid groups is 1. The van der Waals surface area contributed by atoms with E-state index < -0.39 is 32.5 Å². The van der Waals surface area contributed by atoms with E-state index in [2.05, 4.69) is 257 Å². The number of esters is 2.